The smallest absolute Gasteiger partial charge is 0.326 e. The van der Waals surface area contributed by atoms with E-state index in [4.69, 9.17) is 18.5 Å². The normalized spacial score (nSPS) is 14.3. The van der Waals surface area contributed by atoms with Crippen LogP contribution in [0.15, 0.2) is 78.9 Å². The minimum Gasteiger partial charge on any atom is -0.449 e. The molecule has 0 saturated heterocycles. The van der Waals surface area contributed by atoms with Gasteiger partial charge in [0, 0.05) is 13.8 Å². The molecule has 4 rings (SSSR count). The Kier molecular flexibility index (Phi) is 4.44. The molecule has 0 aromatic heterocycles. The molecule has 0 N–H and O–H groups in total. The lowest BCUT2D eigenvalue weighted by atomic mass is 10.3. The molecule has 0 bridgehead atoms. The highest BCUT2D eigenvalue weighted by molar-refractivity contribution is 7.56. The molecule has 0 atom stereocenters. The summed E-state index contributed by atoms with van der Waals surface area (Å²) >= 11 is 0. The maximum absolute atomic E-state index is 6.16. The second kappa shape index (κ2) is 6.89. The van der Waals surface area contributed by atoms with Gasteiger partial charge in [0.25, 0.3) is 0 Å². The van der Waals surface area contributed by atoms with Crippen molar-refractivity contribution < 1.29 is 18.5 Å². The van der Waals surface area contributed by atoms with Gasteiger partial charge in [-0.2, -0.15) is 0 Å². The van der Waals surface area contributed by atoms with E-state index in [1.165, 1.54) is 0 Å². The van der Waals surface area contributed by atoms with Crippen LogP contribution in [0.25, 0.3) is 0 Å². The molecule has 0 spiro atoms. The van der Waals surface area contributed by atoms with E-state index < -0.39 is 14.2 Å². The average Bonchev–Trinajstić information content (AvgIpc) is 2.96. The van der Waals surface area contributed by atoms with Crippen LogP contribution < -0.4 is 23.8 Å². The summed E-state index contributed by atoms with van der Waals surface area (Å²) < 4.78 is 24.0. The number of hydrogen-bond acceptors (Lipinski definition) is 4. The Hall–Kier alpha value is -2.71. The van der Waals surface area contributed by atoms with Crippen LogP contribution in [0.3, 0.4) is 0 Å². The Morgan fingerprint density at radius 2 is 1.23 bits per heavy atom. The molecule has 4 nitrogen and oxygen atoms in total. The van der Waals surface area contributed by atoms with Gasteiger partial charge in [0.15, 0.2) is 11.5 Å². The van der Waals surface area contributed by atoms with Crippen LogP contribution in [0, 0.1) is 0 Å². The molecular weight excluding hydrogens is 347 g/mol. The van der Waals surface area contributed by atoms with Crippen molar-refractivity contribution in [2.75, 3.05) is 0 Å². The largest absolute Gasteiger partial charge is 0.449 e. The van der Waals surface area contributed by atoms with Crippen molar-refractivity contribution in [1.29, 1.82) is 0 Å². The van der Waals surface area contributed by atoms with Crippen LogP contribution in [0.2, 0.25) is 0 Å². The van der Waals surface area contributed by atoms with E-state index >= 15 is 0 Å². The zero-order valence-corrected chi connectivity index (χ0v) is 15.5. The van der Waals surface area contributed by atoms with Gasteiger partial charge in [-0.1, -0.05) is 36.4 Å². The van der Waals surface area contributed by atoms with Gasteiger partial charge >= 0.3 is 8.38 Å². The SMILES string of the molecule is CC1(C)Oc2ccc(P(Oc3ccccc3)Oc3ccccc3)cc2O1. The first kappa shape index (κ1) is 16.7. The van der Waals surface area contributed by atoms with E-state index in [-0.39, 0.29) is 0 Å². The third-order valence-corrected chi connectivity index (χ3v) is 5.17. The maximum atomic E-state index is 6.16. The van der Waals surface area contributed by atoms with Gasteiger partial charge in [-0.3, -0.25) is 0 Å². The molecule has 0 radical (unpaired) electrons. The maximum Gasteiger partial charge on any atom is 0.326 e. The van der Waals surface area contributed by atoms with E-state index in [1.807, 2.05) is 92.7 Å². The van der Waals surface area contributed by atoms with Gasteiger partial charge in [-0.15, -0.1) is 0 Å². The monoisotopic (exact) mass is 366 g/mol. The first-order valence-electron chi connectivity index (χ1n) is 8.37. The quantitative estimate of drug-likeness (QED) is 0.575. The summed E-state index contributed by atoms with van der Waals surface area (Å²) in [5.41, 5.74) is 0. The highest BCUT2D eigenvalue weighted by atomic mass is 31.2. The second-order valence-electron chi connectivity index (χ2n) is 6.30. The Balaban J connectivity index is 1.64. The van der Waals surface area contributed by atoms with E-state index in [1.54, 1.807) is 0 Å². The van der Waals surface area contributed by atoms with E-state index in [2.05, 4.69) is 0 Å². The van der Waals surface area contributed by atoms with Crippen LogP contribution in [0.1, 0.15) is 13.8 Å². The number of hydrogen-bond donors (Lipinski definition) is 0. The summed E-state index contributed by atoms with van der Waals surface area (Å²) in [6.07, 6.45) is 0. The molecule has 3 aromatic carbocycles. The van der Waals surface area contributed by atoms with Crippen molar-refractivity contribution in [3.63, 3.8) is 0 Å². The molecule has 3 aromatic rings. The highest BCUT2D eigenvalue weighted by Gasteiger charge is 2.33. The number of rotatable bonds is 5. The fraction of sp³-hybridized carbons (Fsp3) is 0.143. The van der Waals surface area contributed by atoms with Gasteiger partial charge in [-0.25, -0.2) is 0 Å². The zero-order chi connectivity index (χ0) is 18.0. The van der Waals surface area contributed by atoms with Crippen molar-refractivity contribution >= 4 is 13.7 Å². The first-order valence-corrected chi connectivity index (χ1v) is 9.55. The zero-order valence-electron chi connectivity index (χ0n) is 14.6. The first-order chi connectivity index (χ1) is 12.6. The third kappa shape index (κ3) is 3.76. The van der Waals surface area contributed by atoms with Crippen LogP contribution >= 0.6 is 8.38 Å². The van der Waals surface area contributed by atoms with Gasteiger partial charge in [0.2, 0.25) is 5.79 Å². The summed E-state index contributed by atoms with van der Waals surface area (Å²) in [7, 11) is -1.38. The lowest BCUT2D eigenvalue weighted by molar-refractivity contribution is -0.0431. The number of benzene rings is 3. The Bertz CT molecular complexity index is 840. The molecule has 1 aliphatic rings. The Labute approximate surface area is 154 Å². The van der Waals surface area contributed by atoms with Crippen molar-refractivity contribution in [2.24, 2.45) is 0 Å². The standard InChI is InChI=1S/C21H19O4P/c1-21(2)22-19-14-13-18(15-20(19)23-21)26(24-16-9-5-3-6-10-16)25-17-11-7-4-8-12-17/h3-15H,1-2H3. The van der Waals surface area contributed by atoms with Crippen LogP contribution in [0.5, 0.6) is 23.0 Å². The Morgan fingerprint density at radius 3 is 1.81 bits per heavy atom. The lowest BCUT2D eigenvalue weighted by Gasteiger charge is -2.19. The second-order valence-corrected chi connectivity index (χ2v) is 7.70. The van der Waals surface area contributed by atoms with Crippen molar-refractivity contribution in [3.05, 3.63) is 78.9 Å². The van der Waals surface area contributed by atoms with Gasteiger partial charge in [0.1, 0.15) is 11.5 Å². The third-order valence-electron chi connectivity index (χ3n) is 3.71. The van der Waals surface area contributed by atoms with Crippen LogP contribution in [-0.2, 0) is 0 Å². The molecule has 132 valence electrons. The topological polar surface area (TPSA) is 36.9 Å². The summed E-state index contributed by atoms with van der Waals surface area (Å²) in [4.78, 5) is 0. The fourth-order valence-corrected chi connectivity index (χ4v) is 3.90. The van der Waals surface area contributed by atoms with E-state index in [0.29, 0.717) is 5.75 Å². The van der Waals surface area contributed by atoms with Gasteiger partial charge in [-0.05, 0) is 42.5 Å². The molecule has 0 saturated carbocycles. The molecule has 5 heteroatoms. The summed E-state index contributed by atoms with van der Waals surface area (Å²) in [6.45, 7) is 3.77. The molecule has 0 aliphatic carbocycles. The van der Waals surface area contributed by atoms with Crippen molar-refractivity contribution in [1.82, 2.24) is 0 Å². The van der Waals surface area contributed by atoms with Gasteiger partial charge in [0.05, 0.1) is 5.30 Å². The fourth-order valence-electron chi connectivity index (χ4n) is 2.60. The molecule has 0 fully saturated rings. The predicted octanol–water partition coefficient (Wildman–Crippen LogP) is 5.29. The number of ether oxygens (including phenoxy) is 2. The molecule has 1 heterocycles. The molecule has 0 unspecified atom stereocenters. The summed E-state index contributed by atoms with van der Waals surface area (Å²) in [6, 6.07) is 25.1. The Morgan fingerprint density at radius 1 is 0.692 bits per heavy atom. The van der Waals surface area contributed by atoms with E-state index in [0.717, 1.165) is 22.6 Å². The number of fused-ring (bicyclic) bond motifs is 1. The average molecular weight is 366 g/mol. The predicted molar refractivity (Wildman–Crippen MR) is 102 cm³/mol. The minimum absolute atomic E-state index is 0.662. The summed E-state index contributed by atoms with van der Waals surface area (Å²) in [5.74, 6) is 2.28. The van der Waals surface area contributed by atoms with Crippen molar-refractivity contribution in [3.8, 4) is 23.0 Å². The van der Waals surface area contributed by atoms with Crippen LogP contribution in [0.4, 0.5) is 0 Å². The van der Waals surface area contributed by atoms with Crippen LogP contribution in [-0.4, -0.2) is 5.79 Å². The lowest BCUT2D eigenvalue weighted by Crippen LogP contribution is -2.29. The van der Waals surface area contributed by atoms with Gasteiger partial charge < -0.3 is 18.5 Å². The number of para-hydroxylation sites is 2. The van der Waals surface area contributed by atoms with E-state index in [9.17, 15) is 0 Å². The molecule has 26 heavy (non-hydrogen) atoms. The summed E-state index contributed by atoms with van der Waals surface area (Å²) in [5, 5.41) is 0.910. The molecule has 1 aliphatic heterocycles. The van der Waals surface area contributed by atoms with Crippen molar-refractivity contribution in [2.45, 2.75) is 19.6 Å². The highest BCUT2D eigenvalue weighted by Crippen LogP contribution is 2.44. The molecule has 0 amide bonds. The minimum atomic E-state index is -1.38. The molecular formula is C21H19O4P.